The van der Waals surface area contributed by atoms with E-state index in [0.29, 0.717) is 18.1 Å². The third-order valence-corrected chi connectivity index (χ3v) is 4.05. The van der Waals surface area contributed by atoms with Crippen LogP contribution in [0.4, 0.5) is 13.2 Å². The van der Waals surface area contributed by atoms with Crippen LogP contribution in [0.15, 0.2) is 36.7 Å². The zero-order valence-corrected chi connectivity index (χ0v) is 15.0. The number of benzene rings is 2. The first-order chi connectivity index (χ1) is 12.4. The molecule has 4 N–H and O–H groups in total. The number of fused-ring (bicyclic) bond motifs is 1. The van der Waals surface area contributed by atoms with E-state index >= 15 is 0 Å². The number of aromatic nitrogens is 2. The van der Waals surface area contributed by atoms with Crippen molar-refractivity contribution in [2.24, 2.45) is 5.73 Å². The number of nitrogens with two attached hydrogens (primary N) is 1. The number of hydrogen-bond acceptors (Lipinski definition) is 3. The Balaban J connectivity index is 0.00000261. The molecule has 9 heteroatoms. The summed E-state index contributed by atoms with van der Waals surface area (Å²) in [5.74, 6) is -3.46. The monoisotopic (exact) mass is 398 g/mol. The molecule has 1 heterocycles. The molecular weight excluding hydrogens is 381 g/mol. The topological polar surface area (TPSA) is 83.8 Å². The van der Waals surface area contributed by atoms with Crippen molar-refractivity contribution >= 4 is 29.3 Å². The van der Waals surface area contributed by atoms with Gasteiger partial charge in [-0.05, 0) is 42.7 Å². The third kappa shape index (κ3) is 4.99. The molecule has 144 valence electrons. The fourth-order valence-corrected chi connectivity index (χ4v) is 2.65. The van der Waals surface area contributed by atoms with Crippen LogP contribution < -0.4 is 11.1 Å². The Hall–Kier alpha value is -2.58. The van der Waals surface area contributed by atoms with Gasteiger partial charge in [-0.1, -0.05) is 0 Å². The minimum atomic E-state index is -1.23. The van der Waals surface area contributed by atoms with Gasteiger partial charge in [-0.3, -0.25) is 4.79 Å². The Labute approximate surface area is 159 Å². The third-order valence-electron chi connectivity index (χ3n) is 4.05. The number of nitrogens with zero attached hydrogens (tertiary/aromatic N) is 1. The zero-order chi connectivity index (χ0) is 18.7. The van der Waals surface area contributed by atoms with Crippen molar-refractivity contribution in [1.82, 2.24) is 15.3 Å². The molecular formula is C18H18ClF3N4O. The van der Waals surface area contributed by atoms with Crippen molar-refractivity contribution in [3.05, 3.63) is 65.2 Å². The van der Waals surface area contributed by atoms with Crippen LogP contribution in [0.2, 0.25) is 0 Å². The van der Waals surface area contributed by atoms with Crippen LogP contribution in [0.25, 0.3) is 11.0 Å². The van der Waals surface area contributed by atoms with Gasteiger partial charge in [-0.25, -0.2) is 18.2 Å². The maximum Gasteiger partial charge on any atom is 0.251 e. The number of carbonyl (C=O) groups excluding carboxylic acids is 1. The summed E-state index contributed by atoms with van der Waals surface area (Å²) in [5.41, 5.74) is 7.90. The van der Waals surface area contributed by atoms with E-state index in [1.54, 1.807) is 24.5 Å². The van der Waals surface area contributed by atoms with Crippen LogP contribution in [0, 0.1) is 17.5 Å². The highest BCUT2D eigenvalue weighted by molar-refractivity contribution is 5.97. The van der Waals surface area contributed by atoms with Gasteiger partial charge < -0.3 is 16.0 Å². The molecule has 0 spiro atoms. The van der Waals surface area contributed by atoms with Crippen LogP contribution >= 0.6 is 12.4 Å². The normalized spacial score (nSPS) is 11.9. The first kappa shape index (κ1) is 20.7. The van der Waals surface area contributed by atoms with Gasteiger partial charge in [-0.2, -0.15) is 0 Å². The summed E-state index contributed by atoms with van der Waals surface area (Å²) in [6, 6.07) is 5.89. The van der Waals surface area contributed by atoms with E-state index in [-0.39, 0.29) is 36.8 Å². The van der Waals surface area contributed by atoms with E-state index in [9.17, 15) is 18.0 Å². The highest BCUT2D eigenvalue weighted by Gasteiger charge is 2.14. The molecule has 1 amide bonds. The quantitative estimate of drug-likeness (QED) is 0.558. The second kappa shape index (κ2) is 8.88. The predicted octanol–water partition coefficient (Wildman–Crippen LogP) is 3.09. The maximum absolute atomic E-state index is 13.6. The van der Waals surface area contributed by atoms with Crippen LogP contribution in [-0.2, 0) is 6.42 Å². The number of hydrogen-bond donors (Lipinski definition) is 3. The van der Waals surface area contributed by atoms with Gasteiger partial charge in [0.25, 0.3) is 5.91 Å². The van der Waals surface area contributed by atoms with Crippen LogP contribution in [0.3, 0.4) is 0 Å². The lowest BCUT2D eigenvalue weighted by Crippen LogP contribution is -2.31. The molecule has 2 aromatic carbocycles. The molecule has 0 aliphatic carbocycles. The molecule has 0 aliphatic heterocycles. The molecule has 0 unspecified atom stereocenters. The van der Waals surface area contributed by atoms with E-state index in [2.05, 4.69) is 15.3 Å². The van der Waals surface area contributed by atoms with Crippen molar-refractivity contribution in [3.8, 4) is 0 Å². The van der Waals surface area contributed by atoms with Crippen LogP contribution in [0.5, 0.6) is 0 Å². The summed E-state index contributed by atoms with van der Waals surface area (Å²) in [5, 5.41) is 2.73. The van der Waals surface area contributed by atoms with E-state index in [1.165, 1.54) is 0 Å². The largest absolute Gasteiger partial charge is 0.352 e. The summed E-state index contributed by atoms with van der Waals surface area (Å²) in [6.45, 7) is 0.270. The SMILES string of the molecule is Cl.N[C@@H](CCNC(=O)c1ccc2nc[nH]c2c1)Cc1cc(F)c(F)cc1F. The minimum absolute atomic E-state index is 0. The number of rotatable bonds is 6. The van der Waals surface area contributed by atoms with Crippen molar-refractivity contribution in [1.29, 1.82) is 0 Å². The Bertz CT molecular complexity index is 948. The van der Waals surface area contributed by atoms with E-state index < -0.39 is 23.5 Å². The second-order valence-electron chi connectivity index (χ2n) is 6.00. The molecule has 3 rings (SSSR count). The summed E-state index contributed by atoms with van der Waals surface area (Å²) in [7, 11) is 0. The fraction of sp³-hybridized carbons (Fsp3) is 0.222. The molecule has 0 saturated carbocycles. The standard InChI is InChI=1S/C18H17F3N4O.ClH/c19-13-8-15(21)14(20)6-11(13)5-12(22)3-4-23-18(26)10-1-2-16-17(7-10)25-9-24-16;/h1-2,6-9,12H,3-5,22H2,(H,23,26)(H,24,25);1H/t12-;/m0./s1. The first-order valence-corrected chi connectivity index (χ1v) is 8.04. The molecule has 1 aromatic heterocycles. The van der Waals surface area contributed by atoms with Gasteiger partial charge in [0.2, 0.25) is 0 Å². The van der Waals surface area contributed by atoms with Gasteiger partial charge in [0, 0.05) is 24.2 Å². The lowest BCUT2D eigenvalue weighted by Gasteiger charge is -2.13. The van der Waals surface area contributed by atoms with Gasteiger partial charge in [0.1, 0.15) is 5.82 Å². The van der Waals surface area contributed by atoms with Crippen LogP contribution in [0.1, 0.15) is 22.3 Å². The van der Waals surface area contributed by atoms with Gasteiger partial charge in [0.15, 0.2) is 11.6 Å². The summed E-state index contributed by atoms with van der Waals surface area (Å²) < 4.78 is 39.7. The number of imidazole rings is 1. The lowest BCUT2D eigenvalue weighted by molar-refractivity contribution is 0.0952. The average Bonchev–Trinajstić information content (AvgIpc) is 3.07. The molecule has 0 fully saturated rings. The van der Waals surface area contributed by atoms with Crippen molar-refractivity contribution < 1.29 is 18.0 Å². The van der Waals surface area contributed by atoms with Crippen molar-refractivity contribution in [2.45, 2.75) is 18.9 Å². The average molecular weight is 399 g/mol. The molecule has 0 saturated heterocycles. The summed E-state index contributed by atoms with van der Waals surface area (Å²) in [4.78, 5) is 19.2. The molecule has 1 atom stereocenters. The number of nitrogens with one attached hydrogen (secondary N) is 2. The molecule has 0 bridgehead atoms. The summed E-state index contributed by atoms with van der Waals surface area (Å²) >= 11 is 0. The van der Waals surface area contributed by atoms with E-state index in [1.807, 2.05) is 0 Å². The predicted molar refractivity (Wildman–Crippen MR) is 98.3 cm³/mol. The van der Waals surface area contributed by atoms with Gasteiger partial charge >= 0.3 is 0 Å². The van der Waals surface area contributed by atoms with Crippen molar-refractivity contribution in [2.75, 3.05) is 6.54 Å². The number of amides is 1. The van der Waals surface area contributed by atoms with Crippen molar-refractivity contribution in [3.63, 3.8) is 0 Å². The van der Waals surface area contributed by atoms with E-state index in [4.69, 9.17) is 5.73 Å². The molecule has 0 aliphatic rings. The number of halogens is 4. The minimum Gasteiger partial charge on any atom is -0.352 e. The first-order valence-electron chi connectivity index (χ1n) is 8.04. The molecule has 3 aromatic rings. The fourth-order valence-electron chi connectivity index (χ4n) is 2.65. The highest BCUT2D eigenvalue weighted by Crippen LogP contribution is 2.16. The number of carbonyl (C=O) groups is 1. The number of H-pyrrole nitrogens is 1. The Morgan fingerprint density at radius 2 is 1.89 bits per heavy atom. The second-order valence-corrected chi connectivity index (χ2v) is 6.00. The lowest BCUT2D eigenvalue weighted by atomic mass is 10.0. The summed E-state index contributed by atoms with van der Waals surface area (Å²) in [6.07, 6.45) is 1.94. The van der Waals surface area contributed by atoms with E-state index in [0.717, 1.165) is 17.1 Å². The number of aromatic amines is 1. The zero-order valence-electron chi connectivity index (χ0n) is 14.1. The smallest absolute Gasteiger partial charge is 0.251 e. The Kier molecular flexibility index (Phi) is 6.81. The maximum atomic E-state index is 13.6. The highest BCUT2D eigenvalue weighted by atomic mass is 35.5. The molecule has 5 nitrogen and oxygen atoms in total. The Morgan fingerprint density at radius 1 is 1.15 bits per heavy atom. The Morgan fingerprint density at radius 3 is 2.67 bits per heavy atom. The molecule has 27 heavy (non-hydrogen) atoms. The van der Waals surface area contributed by atoms with Gasteiger partial charge in [-0.15, -0.1) is 12.4 Å². The van der Waals surface area contributed by atoms with Crippen LogP contribution in [-0.4, -0.2) is 28.5 Å². The molecule has 0 radical (unpaired) electrons. The van der Waals surface area contributed by atoms with Gasteiger partial charge in [0.05, 0.1) is 17.4 Å².